The number of nitrogens with one attached hydrogen (secondary N) is 2. The van der Waals surface area contributed by atoms with Gasteiger partial charge in [0.2, 0.25) is 0 Å². The van der Waals surface area contributed by atoms with Gasteiger partial charge in [-0.25, -0.2) is 4.79 Å². The second-order valence-corrected chi connectivity index (χ2v) is 5.53. The lowest BCUT2D eigenvalue weighted by molar-refractivity contribution is -0.139. The van der Waals surface area contributed by atoms with Crippen molar-refractivity contribution in [3.05, 3.63) is 33.4 Å². The van der Waals surface area contributed by atoms with Gasteiger partial charge in [-0.1, -0.05) is 23.2 Å². The summed E-state index contributed by atoms with van der Waals surface area (Å²) in [6, 6.07) is 3.27. The molecule has 0 saturated heterocycles. The fourth-order valence-electron chi connectivity index (χ4n) is 2.23. The van der Waals surface area contributed by atoms with Crippen LogP contribution in [0.15, 0.2) is 12.1 Å². The quantitative estimate of drug-likeness (QED) is 0.776. The second-order valence-electron chi connectivity index (χ2n) is 4.69. The number of hydrogen-bond acceptors (Lipinski definition) is 5. The van der Waals surface area contributed by atoms with E-state index in [1.54, 1.807) is 19.1 Å². The maximum Gasteiger partial charge on any atom is 0.355 e. The third-order valence-corrected chi connectivity index (χ3v) is 3.71. The van der Waals surface area contributed by atoms with Crippen LogP contribution in [0.1, 0.15) is 23.0 Å². The molecular weight excluding hydrogens is 343 g/mol. The lowest BCUT2D eigenvalue weighted by Crippen LogP contribution is -2.24. The monoisotopic (exact) mass is 358 g/mol. The maximum absolute atomic E-state index is 12.1. The summed E-state index contributed by atoms with van der Waals surface area (Å²) in [5.41, 5.74) is 1.52. The predicted molar refractivity (Wildman–Crippen MR) is 88.0 cm³/mol. The summed E-state index contributed by atoms with van der Waals surface area (Å²) >= 11 is 12.2. The highest BCUT2D eigenvalue weighted by Gasteiger charge is 2.21. The third-order valence-electron chi connectivity index (χ3n) is 3.20. The standard InChI is InChI=1S/C15H16Cl2N2O4/c1-3-23-15(21)14-9(6-18-7-12(20)22-2)13-10(17)4-8(16)5-11(13)19-14/h4-5,18-19H,3,6-7H2,1-2H3. The number of carbonyl (C=O) groups is 2. The van der Waals surface area contributed by atoms with E-state index < -0.39 is 11.9 Å². The van der Waals surface area contributed by atoms with Gasteiger partial charge in [0.25, 0.3) is 0 Å². The summed E-state index contributed by atoms with van der Waals surface area (Å²) in [6.07, 6.45) is 0. The highest BCUT2D eigenvalue weighted by Crippen LogP contribution is 2.32. The number of methoxy groups -OCH3 is 1. The van der Waals surface area contributed by atoms with Gasteiger partial charge < -0.3 is 19.8 Å². The van der Waals surface area contributed by atoms with Crippen LogP contribution in [-0.4, -0.2) is 37.2 Å². The van der Waals surface area contributed by atoms with Crippen molar-refractivity contribution in [2.24, 2.45) is 0 Å². The van der Waals surface area contributed by atoms with Crippen LogP contribution in [-0.2, 0) is 20.8 Å². The molecule has 1 aromatic heterocycles. The van der Waals surface area contributed by atoms with Crippen molar-refractivity contribution >= 4 is 46.0 Å². The predicted octanol–water partition coefficient (Wildman–Crippen LogP) is 2.91. The highest BCUT2D eigenvalue weighted by molar-refractivity contribution is 6.39. The Morgan fingerprint density at radius 2 is 2.04 bits per heavy atom. The molecule has 0 fully saturated rings. The van der Waals surface area contributed by atoms with Crippen LogP contribution in [0.4, 0.5) is 0 Å². The first-order chi connectivity index (χ1) is 11.0. The molecule has 2 N–H and O–H groups in total. The number of aromatic nitrogens is 1. The van der Waals surface area contributed by atoms with Crippen LogP contribution in [0.5, 0.6) is 0 Å². The van der Waals surface area contributed by atoms with Crippen LogP contribution >= 0.6 is 23.2 Å². The number of rotatable bonds is 6. The Morgan fingerprint density at radius 1 is 1.30 bits per heavy atom. The highest BCUT2D eigenvalue weighted by atomic mass is 35.5. The normalized spacial score (nSPS) is 10.8. The summed E-state index contributed by atoms with van der Waals surface area (Å²) in [4.78, 5) is 26.3. The number of hydrogen-bond donors (Lipinski definition) is 2. The molecule has 8 heteroatoms. The number of H-pyrrole nitrogens is 1. The first-order valence-electron chi connectivity index (χ1n) is 6.92. The lowest BCUT2D eigenvalue weighted by Gasteiger charge is -2.07. The molecule has 0 aliphatic heterocycles. The average Bonchev–Trinajstić information content (AvgIpc) is 2.86. The number of ether oxygens (including phenoxy) is 2. The third kappa shape index (κ3) is 3.96. The van der Waals surface area contributed by atoms with Crippen molar-refractivity contribution in [1.29, 1.82) is 0 Å². The Bertz CT molecular complexity index is 743. The van der Waals surface area contributed by atoms with Crippen LogP contribution in [0, 0.1) is 0 Å². The molecular formula is C15H16Cl2N2O4. The van der Waals surface area contributed by atoms with Crippen LogP contribution < -0.4 is 5.32 Å². The Hall–Kier alpha value is -1.76. The number of benzene rings is 1. The number of carbonyl (C=O) groups excluding carboxylic acids is 2. The van der Waals surface area contributed by atoms with Gasteiger partial charge >= 0.3 is 11.9 Å². The summed E-state index contributed by atoms with van der Waals surface area (Å²) in [5.74, 6) is -0.901. The molecule has 0 saturated carbocycles. The van der Waals surface area contributed by atoms with Crippen molar-refractivity contribution in [1.82, 2.24) is 10.3 Å². The van der Waals surface area contributed by atoms with E-state index >= 15 is 0 Å². The maximum atomic E-state index is 12.1. The number of aromatic amines is 1. The van der Waals surface area contributed by atoms with Gasteiger partial charge in [0, 0.05) is 28.0 Å². The van der Waals surface area contributed by atoms with E-state index in [0.29, 0.717) is 26.5 Å². The molecule has 2 rings (SSSR count). The molecule has 0 spiro atoms. The molecule has 1 aromatic carbocycles. The molecule has 23 heavy (non-hydrogen) atoms. The van der Waals surface area contributed by atoms with Crippen molar-refractivity contribution in [3.63, 3.8) is 0 Å². The summed E-state index contributed by atoms with van der Waals surface area (Å²) in [7, 11) is 1.30. The van der Waals surface area contributed by atoms with E-state index in [1.807, 2.05) is 0 Å². The summed E-state index contributed by atoms with van der Waals surface area (Å²) < 4.78 is 9.62. The lowest BCUT2D eigenvalue weighted by atomic mass is 10.1. The fourth-order valence-corrected chi connectivity index (χ4v) is 2.84. The van der Waals surface area contributed by atoms with Crippen LogP contribution in [0.3, 0.4) is 0 Å². The Morgan fingerprint density at radius 3 is 2.70 bits per heavy atom. The van der Waals surface area contributed by atoms with E-state index in [0.717, 1.165) is 0 Å². The molecule has 0 atom stereocenters. The SMILES string of the molecule is CCOC(=O)c1[nH]c2cc(Cl)cc(Cl)c2c1CNCC(=O)OC. The first kappa shape index (κ1) is 17.6. The zero-order valence-electron chi connectivity index (χ0n) is 12.7. The zero-order valence-corrected chi connectivity index (χ0v) is 14.2. The summed E-state index contributed by atoms with van der Waals surface area (Å²) in [5, 5.41) is 4.44. The minimum absolute atomic E-state index is 0.0106. The largest absolute Gasteiger partial charge is 0.468 e. The molecule has 0 amide bonds. The fraction of sp³-hybridized carbons (Fsp3) is 0.333. The molecule has 0 aliphatic rings. The zero-order chi connectivity index (χ0) is 17.0. The van der Waals surface area contributed by atoms with Gasteiger partial charge in [0.15, 0.2) is 0 Å². The van der Waals surface area contributed by atoms with Crippen molar-refractivity contribution in [2.75, 3.05) is 20.3 Å². The van der Waals surface area contributed by atoms with Crippen molar-refractivity contribution in [2.45, 2.75) is 13.5 Å². The molecule has 0 unspecified atom stereocenters. The molecule has 1 heterocycles. The van der Waals surface area contributed by atoms with E-state index in [9.17, 15) is 9.59 Å². The van der Waals surface area contributed by atoms with E-state index in [-0.39, 0.29) is 25.4 Å². The average molecular weight is 359 g/mol. The molecule has 6 nitrogen and oxygen atoms in total. The van der Waals surface area contributed by atoms with Crippen molar-refractivity contribution in [3.8, 4) is 0 Å². The molecule has 0 aliphatic carbocycles. The van der Waals surface area contributed by atoms with Gasteiger partial charge in [-0.2, -0.15) is 0 Å². The Kier molecular flexibility index (Phi) is 5.87. The number of fused-ring (bicyclic) bond motifs is 1. The Labute approximate surface area is 143 Å². The van der Waals surface area contributed by atoms with E-state index in [2.05, 4.69) is 15.0 Å². The Balaban J connectivity index is 2.42. The van der Waals surface area contributed by atoms with Gasteiger partial charge in [-0.3, -0.25) is 4.79 Å². The van der Waals surface area contributed by atoms with Crippen LogP contribution in [0.25, 0.3) is 10.9 Å². The van der Waals surface area contributed by atoms with Crippen LogP contribution in [0.2, 0.25) is 10.0 Å². The van der Waals surface area contributed by atoms with Gasteiger partial charge in [0.1, 0.15) is 5.69 Å². The molecule has 0 bridgehead atoms. The molecule has 0 radical (unpaired) electrons. The van der Waals surface area contributed by atoms with E-state index in [1.165, 1.54) is 7.11 Å². The molecule has 124 valence electrons. The minimum Gasteiger partial charge on any atom is -0.468 e. The topological polar surface area (TPSA) is 80.4 Å². The summed E-state index contributed by atoms with van der Waals surface area (Å²) in [6.45, 7) is 2.22. The smallest absolute Gasteiger partial charge is 0.355 e. The van der Waals surface area contributed by atoms with Gasteiger partial charge in [-0.15, -0.1) is 0 Å². The first-order valence-corrected chi connectivity index (χ1v) is 7.67. The van der Waals surface area contributed by atoms with Gasteiger partial charge in [0.05, 0.1) is 25.3 Å². The number of halogens is 2. The molecule has 2 aromatic rings. The van der Waals surface area contributed by atoms with Crippen molar-refractivity contribution < 1.29 is 19.1 Å². The van der Waals surface area contributed by atoms with Gasteiger partial charge in [-0.05, 0) is 19.1 Å². The minimum atomic E-state index is -0.495. The number of esters is 2. The second kappa shape index (κ2) is 7.68. The van der Waals surface area contributed by atoms with E-state index in [4.69, 9.17) is 27.9 Å².